The van der Waals surface area contributed by atoms with Gasteiger partial charge in [-0.05, 0) is 52.8 Å². The molecule has 3 aromatic carbocycles. The van der Waals surface area contributed by atoms with Gasteiger partial charge < -0.3 is 15.2 Å². The van der Waals surface area contributed by atoms with Gasteiger partial charge in [0.2, 0.25) is 0 Å². The second kappa shape index (κ2) is 9.50. The van der Waals surface area contributed by atoms with Crippen LogP contribution in [-0.4, -0.2) is 47.3 Å². The van der Waals surface area contributed by atoms with E-state index in [1.807, 2.05) is 36.4 Å². The predicted molar refractivity (Wildman–Crippen MR) is 129 cm³/mol. The van der Waals surface area contributed by atoms with Crippen LogP contribution in [0.4, 0.5) is 9.18 Å². The number of likely N-dealkylation sites (tertiary alicyclic amines) is 1. The Balaban J connectivity index is 1.21. The van der Waals surface area contributed by atoms with Crippen LogP contribution in [-0.2, 0) is 16.1 Å². The highest BCUT2D eigenvalue weighted by Gasteiger charge is 2.43. The molecule has 1 aliphatic carbocycles. The molecule has 5 rings (SSSR count). The van der Waals surface area contributed by atoms with Crippen LogP contribution in [0.3, 0.4) is 0 Å². The lowest BCUT2D eigenvalue weighted by atomic mass is 9.87. The van der Waals surface area contributed by atoms with E-state index < -0.39 is 17.6 Å². The van der Waals surface area contributed by atoms with E-state index in [2.05, 4.69) is 22.3 Å². The summed E-state index contributed by atoms with van der Waals surface area (Å²) in [4.78, 5) is 27.0. The molecule has 1 aliphatic heterocycles. The fourth-order valence-electron chi connectivity index (χ4n) is 5.16. The van der Waals surface area contributed by atoms with Gasteiger partial charge in [0.05, 0.1) is 0 Å². The molecule has 1 saturated heterocycles. The molecule has 0 atom stereocenters. The summed E-state index contributed by atoms with van der Waals surface area (Å²) in [5.41, 5.74) is 4.05. The Kier molecular flexibility index (Phi) is 6.26. The predicted octanol–water partition coefficient (Wildman–Crippen LogP) is 4.78. The van der Waals surface area contributed by atoms with Gasteiger partial charge in [-0.25, -0.2) is 14.0 Å². The van der Waals surface area contributed by atoms with Gasteiger partial charge in [-0.15, -0.1) is 0 Å². The number of nitrogens with one attached hydrogen (secondary N) is 1. The molecule has 6 nitrogen and oxygen atoms in total. The molecule has 0 aromatic heterocycles. The molecule has 2 aliphatic rings. The molecule has 1 heterocycles. The van der Waals surface area contributed by atoms with Crippen molar-refractivity contribution in [3.8, 4) is 11.1 Å². The second-order valence-corrected chi connectivity index (χ2v) is 9.24. The topological polar surface area (TPSA) is 78.9 Å². The SMILES string of the molecule is O=C(NC1(C(=O)O)CCN(Cc2ccc(F)cc2)CC1)OCC1c2ccccc2-c2ccccc21. The van der Waals surface area contributed by atoms with Crippen LogP contribution in [0.25, 0.3) is 11.1 Å². The number of ether oxygens (including phenoxy) is 1. The minimum Gasteiger partial charge on any atom is -0.480 e. The molecule has 7 heteroatoms. The third kappa shape index (κ3) is 4.64. The average Bonchev–Trinajstić information content (AvgIpc) is 3.19. The van der Waals surface area contributed by atoms with Gasteiger partial charge in [0.1, 0.15) is 18.0 Å². The van der Waals surface area contributed by atoms with Crippen molar-refractivity contribution in [1.29, 1.82) is 0 Å². The summed E-state index contributed by atoms with van der Waals surface area (Å²) < 4.78 is 18.7. The molecular weight excluding hydrogens is 447 g/mol. The van der Waals surface area contributed by atoms with Crippen molar-refractivity contribution in [2.75, 3.05) is 19.7 Å². The van der Waals surface area contributed by atoms with Gasteiger partial charge in [-0.1, -0.05) is 60.7 Å². The van der Waals surface area contributed by atoms with Crippen molar-refractivity contribution in [3.63, 3.8) is 0 Å². The monoisotopic (exact) mass is 474 g/mol. The molecule has 0 spiro atoms. The maximum absolute atomic E-state index is 13.2. The fourth-order valence-corrected chi connectivity index (χ4v) is 5.16. The summed E-state index contributed by atoms with van der Waals surface area (Å²) >= 11 is 0. The number of aliphatic carboxylic acids is 1. The zero-order valence-corrected chi connectivity index (χ0v) is 19.2. The Morgan fingerprint density at radius 2 is 1.51 bits per heavy atom. The van der Waals surface area contributed by atoms with Crippen LogP contribution in [0.1, 0.15) is 35.4 Å². The van der Waals surface area contributed by atoms with Crippen molar-refractivity contribution < 1.29 is 23.8 Å². The molecular formula is C28H27FN2O4. The third-order valence-electron chi connectivity index (χ3n) is 7.12. The van der Waals surface area contributed by atoms with Crippen LogP contribution in [0.5, 0.6) is 0 Å². The summed E-state index contributed by atoms with van der Waals surface area (Å²) in [6.07, 6.45) is -0.206. The quantitative estimate of drug-likeness (QED) is 0.537. The van der Waals surface area contributed by atoms with E-state index >= 15 is 0 Å². The number of halogens is 1. The number of benzene rings is 3. The van der Waals surface area contributed by atoms with Crippen LogP contribution in [0, 0.1) is 5.82 Å². The van der Waals surface area contributed by atoms with Crippen molar-refractivity contribution in [2.24, 2.45) is 0 Å². The minimum absolute atomic E-state index is 0.0912. The van der Waals surface area contributed by atoms with Gasteiger partial charge in [0.25, 0.3) is 0 Å². The number of hydrogen-bond acceptors (Lipinski definition) is 4. The molecule has 2 N–H and O–H groups in total. The minimum atomic E-state index is -1.37. The number of carboxylic acids is 1. The molecule has 1 amide bonds. The lowest BCUT2D eigenvalue weighted by molar-refractivity contribution is -0.147. The number of carbonyl (C=O) groups is 2. The molecule has 0 radical (unpaired) electrons. The highest BCUT2D eigenvalue weighted by Crippen LogP contribution is 2.44. The first kappa shape index (κ1) is 23.1. The van der Waals surface area contributed by atoms with E-state index in [-0.39, 0.29) is 31.2 Å². The zero-order chi connectivity index (χ0) is 24.4. The maximum atomic E-state index is 13.2. The van der Waals surface area contributed by atoms with Crippen LogP contribution in [0.15, 0.2) is 72.8 Å². The number of alkyl carbamates (subject to hydrolysis) is 1. The lowest BCUT2D eigenvalue weighted by Gasteiger charge is -2.39. The van der Waals surface area contributed by atoms with E-state index in [4.69, 9.17) is 4.74 Å². The summed E-state index contributed by atoms with van der Waals surface area (Å²) in [6.45, 7) is 1.72. The van der Waals surface area contributed by atoms with Crippen LogP contribution < -0.4 is 5.32 Å². The van der Waals surface area contributed by atoms with Crippen molar-refractivity contribution in [2.45, 2.75) is 30.8 Å². The van der Waals surface area contributed by atoms with E-state index in [1.54, 1.807) is 12.1 Å². The number of hydrogen-bond donors (Lipinski definition) is 2. The molecule has 0 saturated carbocycles. The smallest absolute Gasteiger partial charge is 0.408 e. The highest BCUT2D eigenvalue weighted by atomic mass is 19.1. The lowest BCUT2D eigenvalue weighted by Crippen LogP contribution is -2.60. The molecule has 180 valence electrons. The Labute approximate surface area is 203 Å². The summed E-state index contributed by atoms with van der Waals surface area (Å²) in [5, 5.41) is 12.6. The van der Waals surface area contributed by atoms with Gasteiger partial charge >= 0.3 is 12.1 Å². The van der Waals surface area contributed by atoms with Crippen molar-refractivity contribution in [3.05, 3.63) is 95.3 Å². The van der Waals surface area contributed by atoms with Gasteiger partial charge in [0, 0.05) is 25.6 Å². The number of nitrogens with zero attached hydrogens (tertiary/aromatic N) is 1. The third-order valence-corrected chi connectivity index (χ3v) is 7.12. The molecule has 3 aromatic rings. The highest BCUT2D eigenvalue weighted by molar-refractivity contribution is 5.85. The summed E-state index contributed by atoms with van der Waals surface area (Å²) in [6, 6.07) is 22.4. The Morgan fingerprint density at radius 3 is 2.09 bits per heavy atom. The number of carboxylic acid groups (broad SMARTS) is 1. The fraction of sp³-hybridized carbons (Fsp3) is 0.286. The molecule has 0 bridgehead atoms. The second-order valence-electron chi connectivity index (χ2n) is 9.24. The number of amides is 1. The number of rotatable bonds is 6. The largest absolute Gasteiger partial charge is 0.480 e. The number of piperidine rings is 1. The van der Waals surface area contributed by atoms with Gasteiger partial charge in [-0.2, -0.15) is 0 Å². The molecule has 1 fully saturated rings. The van der Waals surface area contributed by atoms with E-state index in [9.17, 15) is 19.1 Å². The van der Waals surface area contributed by atoms with Gasteiger partial charge in [0.15, 0.2) is 0 Å². The van der Waals surface area contributed by atoms with Crippen molar-refractivity contribution >= 4 is 12.1 Å². The van der Waals surface area contributed by atoms with Gasteiger partial charge in [-0.3, -0.25) is 4.90 Å². The number of fused-ring (bicyclic) bond motifs is 3. The van der Waals surface area contributed by atoms with E-state index in [0.717, 1.165) is 27.8 Å². The summed E-state index contributed by atoms with van der Waals surface area (Å²) in [7, 11) is 0. The Hall–Kier alpha value is -3.71. The molecule has 35 heavy (non-hydrogen) atoms. The van der Waals surface area contributed by atoms with E-state index in [1.165, 1.54) is 12.1 Å². The van der Waals surface area contributed by atoms with Crippen LogP contribution >= 0.6 is 0 Å². The normalized spacial score (nSPS) is 16.8. The Morgan fingerprint density at radius 1 is 0.943 bits per heavy atom. The Bertz CT molecular complexity index is 1190. The average molecular weight is 475 g/mol. The number of carbonyl (C=O) groups excluding carboxylic acids is 1. The summed E-state index contributed by atoms with van der Waals surface area (Å²) in [5.74, 6) is -1.44. The standard InChI is InChI=1S/C28H27FN2O4/c29-20-11-9-19(10-12-20)17-31-15-13-28(14-16-31,26(32)33)30-27(34)35-18-25-23-7-3-1-5-21(23)22-6-2-4-8-24(22)25/h1-12,25H,13-18H2,(H,30,34)(H,32,33). The molecule has 0 unspecified atom stereocenters. The van der Waals surface area contributed by atoms with Crippen molar-refractivity contribution in [1.82, 2.24) is 10.2 Å². The zero-order valence-electron chi connectivity index (χ0n) is 19.2. The first-order valence-electron chi connectivity index (χ1n) is 11.8. The van der Waals surface area contributed by atoms with Crippen LogP contribution in [0.2, 0.25) is 0 Å². The maximum Gasteiger partial charge on any atom is 0.408 e. The first-order chi connectivity index (χ1) is 16.9. The first-order valence-corrected chi connectivity index (χ1v) is 11.8. The van der Waals surface area contributed by atoms with E-state index in [0.29, 0.717) is 19.6 Å².